The number of halogens is 2. The number of hydrogen-bond acceptors (Lipinski definition) is 3. The zero-order valence-corrected chi connectivity index (χ0v) is 13.4. The standard InChI is InChI=1S/C15H13FINO3/c1-20-11-3-5-12(6-4-11)21-9-15(19)18-14-7-2-10(17)8-13(14)16/h2-8H,9H2,1H3,(H,18,19). The lowest BCUT2D eigenvalue weighted by atomic mass is 10.3. The minimum atomic E-state index is -0.473. The summed E-state index contributed by atoms with van der Waals surface area (Å²) in [5.41, 5.74) is 0.138. The first kappa shape index (κ1) is 15.6. The molecule has 1 N–H and O–H groups in total. The highest BCUT2D eigenvalue weighted by Crippen LogP contribution is 2.18. The lowest BCUT2D eigenvalue weighted by Crippen LogP contribution is -2.20. The molecule has 0 aromatic heterocycles. The number of rotatable bonds is 5. The molecule has 0 unspecified atom stereocenters. The van der Waals surface area contributed by atoms with Crippen LogP contribution in [-0.4, -0.2) is 19.6 Å². The predicted molar refractivity (Wildman–Crippen MR) is 86.2 cm³/mol. The van der Waals surface area contributed by atoms with Crippen molar-refractivity contribution < 1.29 is 18.7 Å². The monoisotopic (exact) mass is 401 g/mol. The van der Waals surface area contributed by atoms with Crippen LogP contribution in [-0.2, 0) is 4.79 Å². The lowest BCUT2D eigenvalue weighted by Gasteiger charge is -2.09. The molecule has 0 aliphatic carbocycles. The van der Waals surface area contributed by atoms with Gasteiger partial charge < -0.3 is 14.8 Å². The van der Waals surface area contributed by atoms with Crippen molar-refractivity contribution >= 4 is 34.2 Å². The van der Waals surface area contributed by atoms with E-state index in [0.717, 1.165) is 3.57 Å². The van der Waals surface area contributed by atoms with E-state index in [2.05, 4.69) is 5.32 Å². The van der Waals surface area contributed by atoms with Gasteiger partial charge in [0.15, 0.2) is 6.61 Å². The molecule has 0 radical (unpaired) electrons. The van der Waals surface area contributed by atoms with Gasteiger partial charge in [0, 0.05) is 3.57 Å². The van der Waals surface area contributed by atoms with Crippen molar-refractivity contribution in [3.8, 4) is 11.5 Å². The molecule has 0 aliphatic rings. The molecule has 1 amide bonds. The van der Waals surface area contributed by atoms with Crippen LogP contribution in [0.2, 0.25) is 0 Å². The van der Waals surface area contributed by atoms with Crippen molar-refractivity contribution in [2.45, 2.75) is 0 Å². The van der Waals surface area contributed by atoms with E-state index in [0.29, 0.717) is 11.5 Å². The summed E-state index contributed by atoms with van der Waals surface area (Å²) in [6, 6.07) is 11.4. The second kappa shape index (κ2) is 7.26. The summed E-state index contributed by atoms with van der Waals surface area (Å²) >= 11 is 2.00. The molecule has 21 heavy (non-hydrogen) atoms. The van der Waals surface area contributed by atoms with E-state index in [1.54, 1.807) is 37.4 Å². The number of carbonyl (C=O) groups excluding carboxylic acids is 1. The molecular formula is C15H13FINO3. The zero-order valence-electron chi connectivity index (χ0n) is 11.2. The highest BCUT2D eigenvalue weighted by Gasteiger charge is 2.08. The van der Waals surface area contributed by atoms with Crippen LogP contribution in [0.4, 0.5) is 10.1 Å². The number of methoxy groups -OCH3 is 1. The van der Waals surface area contributed by atoms with E-state index in [9.17, 15) is 9.18 Å². The Morgan fingerprint density at radius 3 is 2.48 bits per heavy atom. The van der Waals surface area contributed by atoms with Crippen LogP contribution < -0.4 is 14.8 Å². The maximum Gasteiger partial charge on any atom is 0.262 e. The molecule has 0 saturated heterocycles. The largest absolute Gasteiger partial charge is 0.497 e. The van der Waals surface area contributed by atoms with Gasteiger partial charge in [-0.1, -0.05) is 0 Å². The molecule has 6 heteroatoms. The highest BCUT2D eigenvalue weighted by atomic mass is 127. The minimum absolute atomic E-state index is 0.138. The third-order valence-corrected chi connectivity index (χ3v) is 3.31. The summed E-state index contributed by atoms with van der Waals surface area (Å²) in [6.45, 7) is -0.197. The third-order valence-electron chi connectivity index (χ3n) is 2.63. The Kier molecular flexibility index (Phi) is 5.38. The topological polar surface area (TPSA) is 47.6 Å². The van der Waals surface area contributed by atoms with E-state index in [4.69, 9.17) is 9.47 Å². The number of carbonyl (C=O) groups is 1. The van der Waals surface area contributed by atoms with E-state index in [1.165, 1.54) is 12.1 Å². The number of ether oxygens (including phenoxy) is 2. The number of hydrogen-bond donors (Lipinski definition) is 1. The van der Waals surface area contributed by atoms with Gasteiger partial charge in [-0.05, 0) is 65.1 Å². The van der Waals surface area contributed by atoms with Crippen molar-refractivity contribution in [3.63, 3.8) is 0 Å². The molecule has 110 valence electrons. The van der Waals surface area contributed by atoms with Crippen LogP contribution in [0.1, 0.15) is 0 Å². The first-order valence-electron chi connectivity index (χ1n) is 6.10. The van der Waals surface area contributed by atoms with Gasteiger partial charge in [-0.15, -0.1) is 0 Å². The van der Waals surface area contributed by atoms with Crippen LogP contribution in [0, 0.1) is 9.39 Å². The van der Waals surface area contributed by atoms with Crippen molar-refractivity contribution in [3.05, 3.63) is 51.9 Å². The van der Waals surface area contributed by atoms with Gasteiger partial charge in [0.2, 0.25) is 0 Å². The molecular weight excluding hydrogens is 388 g/mol. The molecule has 0 bridgehead atoms. The molecule has 2 rings (SSSR count). The first-order chi connectivity index (χ1) is 10.1. The molecule has 2 aromatic rings. The van der Waals surface area contributed by atoms with Crippen molar-refractivity contribution in [2.24, 2.45) is 0 Å². The van der Waals surface area contributed by atoms with Crippen LogP contribution in [0.25, 0.3) is 0 Å². The summed E-state index contributed by atoms with van der Waals surface area (Å²) in [5.74, 6) is 0.340. The Bertz CT molecular complexity index is 631. The molecule has 0 aliphatic heterocycles. The fourth-order valence-electron chi connectivity index (χ4n) is 1.60. The Morgan fingerprint density at radius 2 is 1.86 bits per heavy atom. The molecule has 0 saturated carbocycles. The molecule has 0 atom stereocenters. The normalized spacial score (nSPS) is 10.0. The highest BCUT2D eigenvalue weighted by molar-refractivity contribution is 14.1. The molecule has 4 nitrogen and oxygen atoms in total. The second-order valence-electron chi connectivity index (χ2n) is 4.14. The van der Waals surface area contributed by atoms with Crippen molar-refractivity contribution in [1.82, 2.24) is 0 Å². The molecule has 0 spiro atoms. The summed E-state index contributed by atoms with van der Waals surface area (Å²) in [4.78, 5) is 11.7. The van der Waals surface area contributed by atoms with Gasteiger partial charge in [-0.3, -0.25) is 4.79 Å². The van der Waals surface area contributed by atoms with Crippen molar-refractivity contribution in [2.75, 3.05) is 19.0 Å². The van der Waals surface area contributed by atoms with E-state index in [-0.39, 0.29) is 12.3 Å². The Hall–Kier alpha value is -1.83. The van der Waals surface area contributed by atoms with Gasteiger partial charge in [0.1, 0.15) is 17.3 Å². The molecule has 0 heterocycles. The van der Waals surface area contributed by atoms with E-state index >= 15 is 0 Å². The Morgan fingerprint density at radius 1 is 1.19 bits per heavy atom. The summed E-state index contributed by atoms with van der Waals surface area (Å²) < 4.78 is 24.7. The third kappa shape index (κ3) is 4.59. The zero-order chi connectivity index (χ0) is 15.2. The predicted octanol–water partition coefficient (Wildman–Crippen LogP) is 3.46. The maximum atomic E-state index is 13.6. The van der Waals surface area contributed by atoms with Gasteiger partial charge >= 0.3 is 0 Å². The number of benzene rings is 2. The fraction of sp³-hybridized carbons (Fsp3) is 0.133. The summed E-state index contributed by atoms with van der Waals surface area (Å²) in [6.07, 6.45) is 0. The first-order valence-corrected chi connectivity index (χ1v) is 7.18. The SMILES string of the molecule is COc1ccc(OCC(=O)Nc2ccc(I)cc2F)cc1. The minimum Gasteiger partial charge on any atom is -0.497 e. The van der Waals surface area contributed by atoms with Crippen LogP contribution in [0.5, 0.6) is 11.5 Å². The average Bonchev–Trinajstić information content (AvgIpc) is 2.48. The molecule has 0 fully saturated rings. The van der Waals surface area contributed by atoms with Gasteiger partial charge in [-0.25, -0.2) is 4.39 Å². The Labute approximate surface area is 135 Å². The quantitative estimate of drug-likeness (QED) is 0.781. The summed E-state index contributed by atoms with van der Waals surface area (Å²) in [7, 11) is 1.57. The van der Waals surface area contributed by atoms with Crippen LogP contribution in [0.15, 0.2) is 42.5 Å². The number of nitrogens with one attached hydrogen (secondary N) is 1. The maximum absolute atomic E-state index is 13.6. The van der Waals surface area contributed by atoms with Gasteiger partial charge in [-0.2, -0.15) is 0 Å². The van der Waals surface area contributed by atoms with Gasteiger partial charge in [0.05, 0.1) is 12.8 Å². The van der Waals surface area contributed by atoms with Crippen LogP contribution >= 0.6 is 22.6 Å². The average molecular weight is 401 g/mol. The Balaban J connectivity index is 1.89. The number of amides is 1. The fourth-order valence-corrected chi connectivity index (χ4v) is 2.05. The summed E-state index contributed by atoms with van der Waals surface area (Å²) in [5, 5.41) is 2.46. The number of anilines is 1. The second-order valence-corrected chi connectivity index (χ2v) is 5.38. The van der Waals surface area contributed by atoms with Gasteiger partial charge in [0.25, 0.3) is 5.91 Å². The van der Waals surface area contributed by atoms with Crippen LogP contribution in [0.3, 0.4) is 0 Å². The van der Waals surface area contributed by atoms with E-state index in [1.807, 2.05) is 22.6 Å². The van der Waals surface area contributed by atoms with Crippen molar-refractivity contribution in [1.29, 1.82) is 0 Å². The lowest BCUT2D eigenvalue weighted by molar-refractivity contribution is -0.118. The smallest absolute Gasteiger partial charge is 0.262 e. The van der Waals surface area contributed by atoms with E-state index < -0.39 is 11.7 Å². The molecule has 2 aromatic carbocycles.